The number of hydrogen-bond acceptors (Lipinski definition) is 9. The van der Waals surface area contributed by atoms with Gasteiger partial charge < -0.3 is 30.5 Å². The van der Waals surface area contributed by atoms with E-state index in [2.05, 4.69) is 42.3 Å². The third kappa shape index (κ3) is 8.15. The van der Waals surface area contributed by atoms with Gasteiger partial charge in [-0.1, -0.05) is 24.2 Å². The summed E-state index contributed by atoms with van der Waals surface area (Å²) < 4.78 is 19.6. The number of carbonyl (C=O) groups excluding carboxylic acids is 1. The van der Waals surface area contributed by atoms with Crippen molar-refractivity contribution in [2.75, 3.05) is 78.8 Å². The number of likely N-dealkylation sites (tertiary alicyclic amines) is 1. The molecule has 1 fully saturated rings. The average molecular weight is 627 g/mol. The molecule has 1 atom stereocenters. The van der Waals surface area contributed by atoms with E-state index >= 15 is 0 Å². The third-order valence-electron chi connectivity index (χ3n) is 7.24. The maximum atomic E-state index is 12.4. The number of hydrogen-bond donors (Lipinski definition) is 3. The molecule has 0 aliphatic carbocycles. The molecule has 1 aliphatic rings. The molecule has 2 aromatic carbocycles. The number of anilines is 7. The Morgan fingerprint density at radius 2 is 1.88 bits per heavy atom. The number of nitrogens with zero attached hydrogens (tertiary/aromatic N) is 5. The fraction of sp³-hybridized carbons (Fsp3) is 0.367. The molecule has 1 aromatic heterocycles. The van der Waals surface area contributed by atoms with Crippen molar-refractivity contribution in [1.82, 2.24) is 14.9 Å². The monoisotopic (exact) mass is 626 g/mol. The Morgan fingerprint density at radius 1 is 1.14 bits per heavy atom. The quantitative estimate of drug-likeness (QED) is 0.217. The molecule has 3 aromatic rings. The van der Waals surface area contributed by atoms with Crippen LogP contribution in [-0.2, 0) is 15.8 Å². The molecule has 0 saturated carbocycles. The van der Waals surface area contributed by atoms with Gasteiger partial charge in [0.05, 0.1) is 41.7 Å². The molecule has 1 unspecified atom stereocenters. The topological polar surface area (TPSA) is 115 Å². The number of halogens is 1. The zero-order chi connectivity index (χ0) is 31.1. The smallest absolute Gasteiger partial charge is 0.247 e. The van der Waals surface area contributed by atoms with Crippen LogP contribution in [-0.4, -0.2) is 78.6 Å². The largest absolute Gasteiger partial charge is 0.494 e. The van der Waals surface area contributed by atoms with Gasteiger partial charge in [-0.15, -0.1) is 0 Å². The number of likely N-dealkylation sites (N-methyl/N-ethyl adjacent to an activating group) is 1. The van der Waals surface area contributed by atoms with E-state index < -0.39 is 11.0 Å². The Hall–Kier alpha value is -3.87. The molecular formula is C30H39ClN8O3S. The highest BCUT2D eigenvalue weighted by Gasteiger charge is 2.19. The molecule has 43 heavy (non-hydrogen) atoms. The number of carbonyl (C=O) groups is 1. The van der Waals surface area contributed by atoms with Crippen LogP contribution in [0.3, 0.4) is 0 Å². The molecule has 230 valence electrons. The van der Waals surface area contributed by atoms with Crippen molar-refractivity contribution in [3.05, 3.63) is 59.8 Å². The first-order chi connectivity index (χ1) is 20.6. The first-order valence-corrected chi connectivity index (χ1v) is 15.8. The lowest BCUT2D eigenvalue weighted by atomic mass is 10.2. The number of nitrogens with one attached hydrogen (secondary N) is 3. The van der Waals surface area contributed by atoms with Gasteiger partial charge in [-0.25, -0.2) is 9.19 Å². The van der Waals surface area contributed by atoms with Gasteiger partial charge >= 0.3 is 0 Å². The van der Waals surface area contributed by atoms with Crippen molar-refractivity contribution in [3.8, 4) is 5.75 Å². The first-order valence-electron chi connectivity index (χ1n) is 13.9. The van der Waals surface area contributed by atoms with Crippen molar-refractivity contribution in [3.63, 3.8) is 0 Å². The van der Waals surface area contributed by atoms with E-state index in [1.807, 2.05) is 38.2 Å². The van der Waals surface area contributed by atoms with Gasteiger partial charge in [-0.05, 0) is 62.7 Å². The van der Waals surface area contributed by atoms with Crippen LogP contribution in [0.15, 0.2) is 49.2 Å². The molecule has 4 rings (SSSR count). The average Bonchev–Trinajstić information content (AvgIpc) is 3.52. The lowest BCUT2D eigenvalue weighted by molar-refractivity contribution is -0.111. The van der Waals surface area contributed by atoms with E-state index in [1.54, 1.807) is 30.8 Å². The molecule has 13 heteroatoms. The summed E-state index contributed by atoms with van der Waals surface area (Å²) in [4.78, 5) is 25.9. The Kier molecular flexibility index (Phi) is 10.8. The van der Waals surface area contributed by atoms with E-state index in [-0.39, 0.29) is 11.9 Å². The maximum Gasteiger partial charge on any atom is 0.247 e. The highest BCUT2D eigenvalue weighted by molar-refractivity contribution is 7.85. The van der Waals surface area contributed by atoms with Gasteiger partial charge in [0, 0.05) is 39.5 Å². The van der Waals surface area contributed by atoms with Crippen molar-refractivity contribution in [2.45, 2.75) is 19.8 Å². The fourth-order valence-corrected chi connectivity index (χ4v) is 5.33. The van der Waals surface area contributed by atoms with Gasteiger partial charge in [-0.2, -0.15) is 4.98 Å². The Labute approximate surface area is 260 Å². The van der Waals surface area contributed by atoms with Gasteiger partial charge in [0.1, 0.15) is 21.8 Å². The van der Waals surface area contributed by atoms with Crippen molar-refractivity contribution >= 4 is 68.7 Å². The normalized spacial score (nSPS) is 13.7. The number of benzene rings is 2. The van der Waals surface area contributed by atoms with Crippen LogP contribution in [0.2, 0.25) is 5.02 Å². The van der Waals surface area contributed by atoms with E-state index in [0.29, 0.717) is 33.7 Å². The summed E-state index contributed by atoms with van der Waals surface area (Å²) in [5.74, 6) is 0.825. The van der Waals surface area contributed by atoms with Gasteiger partial charge in [0.2, 0.25) is 11.9 Å². The molecule has 0 bridgehead atoms. The molecule has 3 N–H and O–H groups in total. The predicted octanol–water partition coefficient (Wildman–Crippen LogP) is 5.32. The number of amides is 1. The summed E-state index contributed by atoms with van der Waals surface area (Å²) in [5, 5.41) is 9.69. The number of ether oxygens (including phenoxy) is 1. The summed E-state index contributed by atoms with van der Waals surface area (Å²) >= 11 is 6.48. The zero-order valence-corrected chi connectivity index (χ0v) is 26.8. The Bertz CT molecular complexity index is 1500. The van der Waals surface area contributed by atoms with E-state index in [0.717, 1.165) is 43.1 Å². The number of aromatic nitrogens is 2. The number of methoxy groups -OCH3 is 1. The highest BCUT2D eigenvalue weighted by atomic mass is 35.5. The van der Waals surface area contributed by atoms with Crippen LogP contribution in [0.5, 0.6) is 5.75 Å². The second-order valence-electron chi connectivity index (χ2n) is 10.3. The molecule has 1 amide bonds. The van der Waals surface area contributed by atoms with E-state index in [1.165, 1.54) is 25.1 Å². The minimum atomic E-state index is -1.23. The van der Waals surface area contributed by atoms with Crippen molar-refractivity contribution in [1.29, 1.82) is 0 Å². The van der Waals surface area contributed by atoms with Crippen LogP contribution in [0.25, 0.3) is 0 Å². The van der Waals surface area contributed by atoms with Crippen LogP contribution in [0, 0.1) is 6.92 Å². The fourth-order valence-electron chi connectivity index (χ4n) is 4.76. The van der Waals surface area contributed by atoms with Crippen LogP contribution < -0.4 is 29.9 Å². The SMILES string of the molecule is C=CC(=O)Nc1cc(Nc2ncc(Cl)c(Nc3ccc(C)cc3N(C)S(C)=O)n2)c(OC)cc1N(C)CCN1CCCC1. The van der Waals surface area contributed by atoms with Crippen LogP contribution >= 0.6 is 11.6 Å². The lowest BCUT2D eigenvalue weighted by Crippen LogP contribution is -2.32. The van der Waals surface area contributed by atoms with E-state index in [4.69, 9.17) is 16.3 Å². The molecular weight excluding hydrogens is 588 g/mol. The second-order valence-corrected chi connectivity index (χ2v) is 12.1. The highest BCUT2D eigenvalue weighted by Crippen LogP contribution is 2.39. The zero-order valence-electron chi connectivity index (χ0n) is 25.2. The molecule has 2 heterocycles. The van der Waals surface area contributed by atoms with Gasteiger partial charge in [0.15, 0.2) is 5.82 Å². The van der Waals surface area contributed by atoms with Gasteiger partial charge in [-0.3, -0.25) is 9.10 Å². The maximum absolute atomic E-state index is 12.4. The minimum absolute atomic E-state index is 0.252. The molecule has 0 spiro atoms. The van der Waals surface area contributed by atoms with Crippen LogP contribution in [0.4, 0.5) is 40.2 Å². The summed E-state index contributed by atoms with van der Waals surface area (Å²) in [6.07, 6.45) is 6.79. The summed E-state index contributed by atoms with van der Waals surface area (Å²) in [6.45, 7) is 9.49. The summed E-state index contributed by atoms with van der Waals surface area (Å²) in [7, 11) is 4.10. The lowest BCUT2D eigenvalue weighted by Gasteiger charge is -2.26. The molecule has 1 aliphatic heterocycles. The second kappa shape index (κ2) is 14.5. The van der Waals surface area contributed by atoms with Crippen molar-refractivity contribution < 1.29 is 13.7 Å². The molecule has 0 radical (unpaired) electrons. The first kappa shape index (κ1) is 32.1. The van der Waals surface area contributed by atoms with Crippen molar-refractivity contribution in [2.24, 2.45) is 0 Å². The predicted molar refractivity (Wildman–Crippen MR) is 178 cm³/mol. The molecule has 11 nitrogen and oxygen atoms in total. The number of aryl methyl sites for hydroxylation is 1. The molecule has 1 saturated heterocycles. The number of rotatable bonds is 13. The summed E-state index contributed by atoms with van der Waals surface area (Å²) in [5.41, 5.74) is 4.38. The third-order valence-corrected chi connectivity index (χ3v) is 8.49. The van der Waals surface area contributed by atoms with Crippen LogP contribution in [0.1, 0.15) is 18.4 Å². The standard InChI is InChI=1S/C30H39ClN8O3S/c1-7-28(40)33-23-17-24(27(42-5)18-25(23)37(3)14-15-39-12-8-9-13-39)35-30-32-19-21(31)29(36-30)34-22-11-10-20(2)16-26(22)38(4)43(6)41/h7,10-11,16-19H,1,8-9,12-15H2,2-6H3,(H,33,40)(H2,32,34,35,36). The van der Waals surface area contributed by atoms with E-state index in [9.17, 15) is 9.00 Å². The Morgan fingerprint density at radius 3 is 2.56 bits per heavy atom. The Balaban J connectivity index is 1.64. The minimum Gasteiger partial charge on any atom is -0.494 e. The van der Waals surface area contributed by atoms with Gasteiger partial charge in [0.25, 0.3) is 0 Å². The summed E-state index contributed by atoms with van der Waals surface area (Å²) in [6, 6.07) is 9.43.